The van der Waals surface area contributed by atoms with Crippen molar-refractivity contribution in [3.8, 4) is 0 Å². The van der Waals surface area contributed by atoms with Crippen molar-refractivity contribution in [3.05, 3.63) is 29.8 Å². The minimum atomic E-state index is -4.52. The van der Waals surface area contributed by atoms with Crippen LogP contribution in [-0.2, 0) is 4.79 Å². The number of amides is 2. The van der Waals surface area contributed by atoms with Crippen molar-refractivity contribution >= 4 is 35.2 Å². The Kier molecular flexibility index (Phi) is 4.74. The molecule has 0 unspecified atom stereocenters. The predicted molar refractivity (Wildman–Crippen MR) is 78.1 cm³/mol. The van der Waals surface area contributed by atoms with Crippen LogP contribution in [0.15, 0.2) is 29.4 Å². The van der Waals surface area contributed by atoms with Gasteiger partial charge in [-0.15, -0.1) is 0 Å². The van der Waals surface area contributed by atoms with E-state index in [0.29, 0.717) is 29.0 Å². The summed E-state index contributed by atoms with van der Waals surface area (Å²) in [6.45, 7) is -1.41. The number of hydrazone groups is 1. The molecular formula is C13H12F3N3O2S. The van der Waals surface area contributed by atoms with E-state index in [4.69, 9.17) is 0 Å². The first-order chi connectivity index (χ1) is 10.3. The van der Waals surface area contributed by atoms with Gasteiger partial charge >= 0.3 is 6.18 Å². The smallest absolute Gasteiger partial charge is 0.294 e. The third kappa shape index (κ3) is 4.23. The van der Waals surface area contributed by atoms with E-state index in [-0.39, 0.29) is 11.6 Å². The van der Waals surface area contributed by atoms with Gasteiger partial charge in [-0.3, -0.25) is 14.5 Å². The molecule has 1 aromatic rings. The van der Waals surface area contributed by atoms with Gasteiger partial charge in [-0.05, 0) is 17.7 Å². The number of nitrogens with one attached hydrogen (secondary N) is 1. The van der Waals surface area contributed by atoms with Gasteiger partial charge in [0.15, 0.2) is 0 Å². The molecule has 1 heterocycles. The van der Waals surface area contributed by atoms with Gasteiger partial charge < -0.3 is 0 Å². The van der Waals surface area contributed by atoms with E-state index in [1.54, 1.807) is 12.1 Å². The molecule has 0 spiro atoms. The summed E-state index contributed by atoms with van der Waals surface area (Å²) < 4.78 is 37.4. The Morgan fingerprint density at radius 1 is 1.27 bits per heavy atom. The van der Waals surface area contributed by atoms with Crippen molar-refractivity contribution in [1.29, 1.82) is 0 Å². The van der Waals surface area contributed by atoms with Crippen molar-refractivity contribution in [2.45, 2.75) is 19.0 Å². The van der Waals surface area contributed by atoms with Gasteiger partial charge in [0.1, 0.15) is 6.54 Å². The quantitative estimate of drug-likeness (QED) is 0.837. The van der Waals surface area contributed by atoms with Gasteiger partial charge in [-0.25, -0.2) is 5.43 Å². The molecule has 0 aromatic heterocycles. The summed E-state index contributed by atoms with van der Waals surface area (Å²) >= 11 is 3.47. The summed E-state index contributed by atoms with van der Waals surface area (Å²) in [6, 6.07) is 5.86. The second-order valence-corrected chi connectivity index (χ2v) is 5.01. The van der Waals surface area contributed by atoms with Crippen molar-refractivity contribution in [3.63, 3.8) is 0 Å². The molecule has 0 aliphatic carbocycles. The maximum Gasteiger partial charge on any atom is 0.406 e. The van der Waals surface area contributed by atoms with Crippen molar-refractivity contribution in [2.24, 2.45) is 5.10 Å². The first-order valence-electron chi connectivity index (χ1n) is 6.29. The van der Waals surface area contributed by atoms with Crippen LogP contribution >= 0.6 is 12.6 Å². The average molecular weight is 331 g/mol. The molecule has 9 heteroatoms. The molecule has 1 aliphatic heterocycles. The highest BCUT2D eigenvalue weighted by molar-refractivity contribution is 7.96. The van der Waals surface area contributed by atoms with E-state index in [1.165, 1.54) is 12.1 Å². The summed E-state index contributed by atoms with van der Waals surface area (Å²) in [5.74, 6) is -0.183. The molecule has 0 saturated carbocycles. The topological polar surface area (TPSA) is 61.8 Å². The Morgan fingerprint density at radius 3 is 2.36 bits per heavy atom. The lowest BCUT2D eigenvalue weighted by atomic mass is 10.0. The fourth-order valence-electron chi connectivity index (χ4n) is 1.96. The number of anilines is 1. The molecule has 2 amide bonds. The van der Waals surface area contributed by atoms with Crippen LogP contribution in [0, 0.1) is 0 Å². The number of nitrogens with zero attached hydrogens (tertiary/aromatic N) is 2. The van der Waals surface area contributed by atoms with E-state index >= 15 is 0 Å². The zero-order valence-corrected chi connectivity index (χ0v) is 12.1. The molecule has 0 bridgehead atoms. The molecular weight excluding hydrogens is 319 g/mol. The number of thiol groups is 1. The molecule has 5 nitrogen and oxygen atoms in total. The zero-order chi connectivity index (χ0) is 16.3. The van der Waals surface area contributed by atoms with Gasteiger partial charge in [-0.1, -0.05) is 24.8 Å². The molecule has 0 atom stereocenters. The maximum absolute atomic E-state index is 12.5. The Morgan fingerprint density at radius 2 is 1.91 bits per heavy atom. The fourth-order valence-corrected chi connectivity index (χ4v) is 2.15. The highest BCUT2D eigenvalue weighted by Gasteiger charge is 2.33. The average Bonchev–Trinajstić information content (AvgIpc) is 2.45. The fraction of sp³-hybridized carbons (Fsp3) is 0.308. The predicted octanol–water partition coefficient (Wildman–Crippen LogP) is 2.72. The van der Waals surface area contributed by atoms with Gasteiger partial charge in [0.2, 0.25) is 5.91 Å². The first kappa shape index (κ1) is 16.3. The lowest BCUT2D eigenvalue weighted by Crippen LogP contribution is -2.36. The number of halogens is 3. The molecule has 2 rings (SSSR count). The van der Waals surface area contributed by atoms with Crippen LogP contribution < -0.4 is 10.3 Å². The molecule has 0 saturated heterocycles. The van der Waals surface area contributed by atoms with Gasteiger partial charge in [0.05, 0.1) is 5.71 Å². The number of carbonyl (C=O) groups excluding carboxylic acids is 2. The second-order valence-electron chi connectivity index (χ2n) is 4.62. The van der Waals surface area contributed by atoms with Crippen molar-refractivity contribution in [1.82, 2.24) is 5.43 Å². The maximum atomic E-state index is 12.5. The van der Waals surface area contributed by atoms with E-state index < -0.39 is 18.0 Å². The van der Waals surface area contributed by atoms with Crippen molar-refractivity contribution < 1.29 is 22.8 Å². The SMILES string of the molecule is O=C1CCC(c2ccc(N(CC(F)(F)F)C(=O)S)cc2)=NN1. The number of alkyl halides is 3. The van der Waals surface area contributed by atoms with E-state index in [2.05, 4.69) is 23.2 Å². The van der Waals surface area contributed by atoms with Crippen LogP contribution in [0.2, 0.25) is 0 Å². The molecule has 22 heavy (non-hydrogen) atoms. The number of hydrogen-bond donors (Lipinski definition) is 2. The summed E-state index contributed by atoms with van der Waals surface area (Å²) in [5.41, 5.74) is 3.72. The van der Waals surface area contributed by atoms with Crippen molar-refractivity contribution in [2.75, 3.05) is 11.4 Å². The van der Waals surface area contributed by atoms with Gasteiger partial charge in [-0.2, -0.15) is 18.3 Å². The lowest BCUT2D eigenvalue weighted by Gasteiger charge is -2.22. The summed E-state index contributed by atoms with van der Waals surface area (Å²) in [6.07, 6.45) is -3.77. The Hall–Kier alpha value is -2.03. The largest absolute Gasteiger partial charge is 0.406 e. The Balaban J connectivity index is 2.19. The number of carbonyl (C=O) groups is 2. The van der Waals surface area contributed by atoms with E-state index in [9.17, 15) is 22.8 Å². The summed E-state index contributed by atoms with van der Waals surface area (Å²) in [5, 5.41) is 2.90. The molecule has 0 radical (unpaired) electrons. The Bertz CT molecular complexity index is 614. The summed E-state index contributed by atoms with van der Waals surface area (Å²) in [4.78, 5) is 22.8. The second kappa shape index (κ2) is 6.39. The van der Waals surface area contributed by atoms with Gasteiger partial charge in [0, 0.05) is 18.5 Å². The normalized spacial score (nSPS) is 15.1. The van der Waals surface area contributed by atoms with E-state index in [0.717, 1.165) is 0 Å². The lowest BCUT2D eigenvalue weighted by molar-refractivity contribution is -0.121. The number of hydrogen-bond acceptors (Lipinski definition) is 3. The molecule has 118 valence electrons. The zero-order valence-electron chi connectivity index (χ0n) is 11.2. The first-order valence-corrected chi connectivity index (χ1v) is 6.74. The third-order valence-corrected chi connectivity index (χ3v) is 3.23. The minimum Gasteiger partial charge on any atom is -0.294 e. The molecule has 1 aromatic carbocycles. The highest BCUT2D eigenvalue weighted by atomic mass is 32.1. The Labute approximate surface area is 129 Å². The molecule has 1 aliphatic rings. The van der Waals surface area contributed by atoms with Crippen LogP contribution in [-0.4, -0.2) is 29.6 Å². The standard InChI is InChI=1S/C13H12F3N3O2S/c14-13(15,16)7-19(12(21)22)9-3-1-8(2-4-9)10-5-6-11(20)18-17-10/h1-4H,5-7H2,(H,18,20)(H,21,22). The third-order valence-electron chi connectivity index (χ3n) is 2.98. The van der Waals surface area contributed by atoms with Crippen LogP contribution in [0.3, 0.4) is 0 Å². The number of benzene rings is 1. The molecule has 0 fully saturated rings. The highest BCUT2D eigenvalue weighted by Crippen LogP contribution is 2.24. The van der Waals surface area contributed by atoms with Crippen LogP contribution in [0.4, 0.5) is 23.7 Å². The van der Waals surface area contributed by atoms with Gasteiger partial charge in [0.25, 0.3) is 5.24 Å². The summed E-state index contributed by atoms with van der Waals surface area (Å²) in [7, 11) is 0. The number of rotatable bonds is 3. The minimum absolute atomic E-state index is 0.0847. The van der Waals surface area contributed by atoms with E-state index in [1.807, 2.05) is 0 Å². The van der Waals surface area contributed by atoms with Crippen LogP contribution in [0.1, 0.15) is 18.4 Å². The monoisotopic (exact) mass is 331 g/mol. The van der Waals surface area contributed by atoms with Crippen LogP contribution in [0.25, 0.3) is 0 Å². The molecule has 1 N–H and O–H groups in total. The van der Waals surface area contributed by atoms with Crippen LogP contribution in [0.5, 0.6) is 0 Å².